The fraction of sp³-hybridized carbons (Fsp3) is 0.105. The van der Waals surface area contributed by atoms with Crippen molar-refractivity contribution < 1.29 is 14.3 Å². The molecule has 1 heterocycles. The quantitative estimate of drug-likeness (QED) is 0.670. The van der Waals surface area contributed by atoms with Crippen LogP contribution in [0.2, 0.25) is 0 Å². The summed E-state index contributed by atoms with van der Waals surface area (Å²) in [5.41, 5.74) is 1.78. The van der Waals surface area contributed by atoms with E-state index in [1.807, 2.05) is 36.4 Å². The lowest BCUT2D eigenvalue weighted by Crippen LogP contribution is -2.07. The second-order valence-electron chi connectivity index (χ2n) is 5.22. The van der Waals surface area contributed by atoms with E-state index in [0.29, 0.717) is 16.6 Å². The second kappa shape index (κ2) is 8.26. The standard InChI is InChI=1S/C19H17N3O3S/c1-24-15-10-8-13(12-16(15)25-2)9-11-17(23)20-19-22-21-18(26-19)14-6-4-3-5-7-14/h3-12H,1-2H3,(H,20,22,23). The summed E-state index contributed by atoms with van der Waals surface area (Å²) < 4.78 is 10.4. The van der Waals surface area contributed by atoms with Crippen molar-refractivity contribution in [2.75, 3.05) is 19.5 Å². The van der Waals surface area contributed by atoms with Crippen LogP contribution in [0.25, 0.3) is 16.6 Å². The van der Waals surface area contributed by atoms with E-state index in [-0.39, 0.29) is 5.91 Å². The van der Waals surface area contributed by atoms with Gasteiger partial charge in [-0.1, -0.05) is 47.7 Å². The number of nitrogens with one attached hydrogen (secondary N) is 1. The summed E-state index contributed by atoms with van der Waals surface area (Å²) in [5, 5.41) is 12.0. The molecule has 2 aromatic carbocycles. The number of methoxy groups -OCH3 is 2. The number of nitrogens with zero attached hydrogens (tertiary/aromatic N) is 2. The molecule has 0 spiro atoms. The van der Waals surface area contributed by atoms with Crippen LogP contribution in [0.4, 0.5) is 5.13 Å². The van der Waals surface area contributed by atoms with E-state index in [1.54, 1.807) is 32.4 Å². The Balaban J connectivity index is 1.66. The van der Waals surface area contributed by atoms with Crippen LogP contribution in [0.15, 0.2) is 54.6 Å². The Morgan fingerprint density at radius 2 is 1.81 bits per heavy atom. The van der Waals surface area contributed by atoms with E-state index in [2.05, 4.69) is 15.5 Å². The van der Waals surface area contributed by atoms with Crippen molar-refractivity contribution in [2.24, 2.45) is 0 Å². The first-order chi connectivity index (χ1) is 12.7. The molecule has 0 aliphatic rings. The number of hydrogen-bond donors (Lipinski definition) is 1. The van der Waals surface area contributed by atoms with Gasteiger partial charge in [0.05, 0.1) is 14.2 Å². The van der Waals surface area contributed by atoms with E-state index in [4.69, 9.17) is 9.47 Å². The third kappa shape index (κ3) is 4.25. The van der Waals surface area contributed by atoms with Crippen molar-refractivity contribution in [1.82, 2.24) is 10.2 Å². The van der Waals surface area contributed by atoms with Gasteiger partial charge in [0.1, 0.15) is 5.01 Å². The van der Waals surface area contributed by atoms with Crippen molar-refractivity contribution in [3.8, 4) is 22.1 Å². The van der Waals surface area contributed by atoms with E-state index in [9.17, 15) is 4.79 Å². The lowest BCUT2D eigenvalue weighted by atomic mass is 10.2. The molecule has 0 fully saturated rings. The molecule has 0 saturated carbocycles. The molecule has 0 bridgehead atoms. The van der Waals surface area contributed by atoms with Crippen molar-refractivity contribution in [2.45, 2.75) is 0 Å². The highest BCUT2D eigenvalue weighted by Crippen LogP contribution is 2.28. The van der Waals surface area contributed by atoms with Gasteiger partial charge in [0.25, 0.3) is 0 Å². The fourth-order valence-electron chi connectivity index (χ4n) is 2.25. The maximum absolute atomic E-state index is 12.1. The number of carbonyl (C=O) groups is 1. The molecular formula is C19H17N3O3S. The molecule has 0 unspecified atom stereocenters. The molecule has 0 aliphatic heterocycles. The third-order valence-corrected chi connectivity index (χ3v) is 4.40. The summed E-state index contributed by atoms with van der Waals surface area (Å²) in [5.74, 6) is 0.957. The molecule has 7 heteroatoms. The zero-order chi connectivity index (χ0) is 18.4. The zero-order valence-electron chi connectivity index (χ0n) is 14.3. The van der Waals surface area contributed by atoms with Crippen LogP contribution >= 0.6 is 11.3 Å². The van der Waals surface area contributed by atoms with E-state index < -0.39 is 0 Å². The van der Waals surface area contributed by atoms with Crippen LogP contribution in [0.5, 0.6) is 11.5 Å². The number of rotatable bonds is 6. The molecular weight excluding hydrogens is 350 g/mol. The molecule has 0 aliphatic carbocycles. The van der Waals surface area contributed by atoms with Gasteiger partial charge in [0, 0.05) is 11.6 Å². The molecule has 1 aromatic heterocycles. The van der Waals surface area contributed by atoms with Gasteiger partial charge in [0.2, 0.25) is 11.0 Å². The zero-order valence-corrected chi connectivity index (χ0v) is 15.1. The normalized spacial score (nSPS) is 10.7. The summed E-state index contributed by atoms with van der Waals surface area (Å²) in [4.78, 5) is 12.1. The number of anilines is 1. The van der Waals surface area contributed by atoms with Crippen molar-refractivity contribution in [3.63, 3.8) is 0 Å². The average molecular weight is 367 g/mol. The first-order valence-corrected chi connectivity index (χ1v) is 8.61. The largest absolute Gasteiger partial charge is 0.493 e. The van der Waals surface area contributed by atoms with Crippen molar-refractivity contribution in [3.05, 3.63) is 60.2 Å². The molecule has 1 amide bonds. The Labute approximate surface area is 155 Å². The molecule has 3 aromatic rings. The van der Waals surface area contributed by atoms with Crippen LogP contribution in [0.1, 0.15) is 5.56 Å². The van der Waals surface area contributed by atoms with Gasteiger partial charge in [0.15, 0.2) is 11.5 Å². The van der Waals surface area contributed by atoms with Gasteiger partial charge in [-0.05, 0) is 23.8 Å². The van der Waals surface area contributed by atoms with Gasteiger partial charge < -0.3 is 9.47 Å². The highest BCUT2D eigenvalue weighted by atomic mass is 32.1. The number of carbonyl (C=O) groups excluding carboxylic acids is 1. The van der Waals surface area contributed by atoms with Crippen molar-refractivity contribution in [1.29, 1.82) is 0 Å². The number of ether oxygens (including phenoxy) is 2. The number of amides is 1. The highest BCUT2D eigenvalue weighted by molar-refractivity contribution is 7.18. The fourth-order valence-corrected chi connectivity index (χ4v) is 3.00. The van der Waals surface area contributed by atoms with Gasteiger partial charge in [-0.15, -0.1) is 10.2 Å². The Kier molecular flexibility index (Phi) is 5.60. The number of hydrogen-bond acceptors (Lipinski definition) is 6. The van der Waals surface area contributed by atoms with Gasteiger partial charge in [-0.25, -0.2) is 0 Å². The van der Waals surface area contributed by atoms with Crippen LogP contribution in [-0.4, -0.2) is 30.3 Å². The summed E-state index contributed by atoms with van der Waals surface area (Å²) in [6.07, 6.45) is 3.13. The van der Waals surface area contributed by atoms with Crippen LogP contribution in [0, 0.1) is 0 Å². The third-order valence-electron chi connectivity index (χ3n) is 3.51. The summed E-state index contributed by atoms with van der Waals surface area (Å²) in [6, 6.07) is 15.1. The molecule has 0 radical (unpaired) electrons. The van der Waals surface area contributed by atoms with Crippen LogP contribution < -0.4 is 14.8 Å². The molecule has 0 saturated heterocycles. The number of benzene rings is 2. The Morgan fingerprint density at radius 1 is 1.04 bits per heavy atom. The summed E-state index contributed by atoms with van der Waals surface area (Å²) in [7, 11) is 3.14. The summed E-state index contributed by atoms with van der Waals surface area (Å²) in [6.45, 7) is 0. The molecule has 26 heavy (non-hydrogen) atoms. The van der Waals surface area contributed by atoms with E-state index in [1.165, 1.54) is 17.4 Å². The van der Waals surface area contributed by atoms with Crippen LogP contribution in [-0.2, 0) is 4.79 Å². The Hall–Kier alpha value is -3.19. The van der Waals surface area contributed by atoms with Gasteiger partial charge in [-0.3, -0.25) is 10.1 Å². The predicted octanol–water partition coefficient (Wildman–Crippen LogP) is 3.87. The van der Waals surface area contributed by atoms with Gasteiger partial charge >= 0.3 is 0 Å². The lowest BCUT2D eigenvalue weighted by molar-refractivity contribution is -0.111. The number of aromatic nitrogens is 2. The Morgan fingerprint density at radius 3 is 2.54 bits per heavy atom. The molecule has 0 atom stereocenters. The topological polar surface area (TPSA) is 73.3 Å². The minimum Gasteiger partial charge on any atom is -0.493 e. The smallest absolute Gasteiger partial charge is 0.250 e. The summed E-state index contributed by atoms with van der Waals surface area (Å²) >= 11 is 1.32. The molecule has 132 valence electrons. The maximum atomic E-state index is 12.1. The highest BCUT2D eigenvalue weighted by Gasteiger charge is 2.08. The minimum absolute atomic E-state index is 0.282. The average Bonchev–Trinajstić information content (AvgIpc) is 3.15. The SMILES string of the molecule is COc1ccc(C=CC(=O)Nc2nnc(-c3ccccc3)s2)cc1OC. The monoisotopic (exact) mass is 367 g/mol. The Bertz CT molecular complexity index is 923. The molecule has 1 N–H and O–H groups in total. The predicted molar refractivity (Wildman–Crippen MR) is 103 cm³/mol. The molecule has 6 nitrogen and oxygen atoms in total. The van der Waals surface area contributed by atoms with Crippen LogP contribution in [0.3, 0.4) is 0 Å². The minimum atomic E-state index is -0.282. The van der Waals surface area contributed by atoms with E-state index >= 15 is 0 Å². The molecule has 3 rings (SSSR count). The van der Waals surface area contributed by atoms with Crippen molar-refractivity contribution >= 4 is 28.5 Å². The van der Waals surface area contributed by atoms with E-state index in [0.717, 1.165) is 16.1 Å². The first-order valence-electron chi connectivity index (χ1n) is 7.79. The maximum Gasteiger partial charge on any atom is 0.250 e. The lowest BCUT2D eigenvalue weighted by Gasteiger charge is -2.07. The first kappa shape index (κ1) is 17.6. The second-order valence-corrected chi connectivity index (χ2v) is 6.19. The van der Waals surface area contributed by atoms with Gasteiger partial charge in [-0.2, -0.15) is 0 Å².